The topological polar surface area (TPSA) is 197 Å². The van der Waals surface area contributed by atoms with E-state index in [1.165, 1.54) is 114 Å². The van der Waals surface area contributed by atoms with Crippen molar-refractivity contribution in [3.63, 3.8) is 0 Å². The molecule has 0 heterocycles. The molecule has 80 heavy (non-hydrogen) atoms. The van der Waals surface area contributed by atoms with Gasteiger partial charge >= 0.3 is 115 Å². The van der Waals surface area contributed by atoms with Crippen molar-refractivity contribution in [2.75, 3.05) is 26.4 Å². The fourth-order valence-corrected chi connectivity index (χ4v) is 9.34. The van der Waals surface area contributed by atoms with Gasteiger partial charge in [-0.2, -0.15) is 71.8 Å². The van der Waals surface area contributed by atoms with Crippen LogP contribution in [-0.2, 0) is 49.2 Å². The van der Waals surface area contributed by atoms with E-state index in [4.69, 9.17) is 0 Å². The van der Waals surface area contributed by atoms with Gasteiger partial charge in [-0.15, -0.1) is 18.1 Å². The Morgan fingerprint density at radius 3 is 0.725 bits per heavy atom. The molecule has 2 aromatic rings. The Kier molecular flexibility index (Phi) is 88.1. The summed E-state index contributed by atoms with van der Waals surface area (Å²) >= 11 is 0. The molecule has 0 aliphatic carbocycles. The molecule has 458 valence electrons. The Morgan fingerprint density at radius 1 is 0.338 bits per heavy atom. The zero-order valence-electron chi connectivity index (χ0n) is 52.1. The second kappa shape index (κ2) is 76.3. The first-order chi connectivity index (χ1) is 37.7. The van der Waals surface area contributed by atoms with Gasteiger partial charge in [-0.25, -0.2) is 0 Å². The maximum atomic E-state index is 10.1. The van der Waals surface area contributed by atoms with Crippen LogP contribution in [0.3, 0.4) is 0 Å². The minimum Gasteiger partial charge on any atom is -0.566 e. The van der Waals surface area contributed by atoms with Crippen molar-refractivity contribution in [3.8, 4) is 0 Å². The first-order valence-electron chi connectivity index (χ1n) is 30.7. The third kappa shape index (κ3) is 77.2. The number of hydrogen-bond donors (Lipinski definition) is 0. The maximum Gasteiger partial charge on any atom is 3.00 e. The SMILES string of the molecule is CCCCC(CC)CO[P+](=O)[O-].CCCCC(CC)CO[P+](=O)[O-].CCCCC(CC)CO[P+](=O)[O-].CCCCC(CC)CO[P+](=O)[O-].CCCCCCCCCc1cc[c-]cc1.CCCCCCCCCc1cc[c-]cc1.[Nd+3].[Nd+3]. The molecule has 0 spiro atoms. The summed E-state index contributed by atoms with van der Waals surface area (Å²) in [6, 6.07) is 22.9. The molecule has 2 radical (unpaired) electrons. The van der Waals surface area contributed by atoms with Crippen molar-refractivity contribution in [3.05, 3.63) is 71.8 Å². The van der Waals surface area contributed by atoms with Crippen LogP contribution in [0.4, 0.5) is 0 Å². The van der Waals surface area contributed by atoms with E-state index in [0.717, 1.165) is 103 Å². The van der Waals surface area contributed by atoms with E-state index in [2.05, 4.69) is 124 Å². The average molecular weight is 1460 g/mol. The minimum absolute atomic E-state index is 0. The number of unbranched alkanes of at least 4 members (excludes halogenated alkanes) is 16. The van der Waals surface area contributed by atoms with Gasteiger partial charge in [0.2, 0.25) is 0 Å². The van der Waals surface area contributed by atoms with E-state index in [-0.39, 0.29) is 81.7 Å². The third-order valence-electron chi connectivity index (χ3n) is 13.5. The zero-order chi connectivity index (χ0) is 59.1. The van der Waals surface area contributed by atoms with E-state index in [9.17, 15) is 37.8 Å². The molecular formula is C62H114Nd2O12P4+4. The van der Waals surface area contributed by atoms with Gasteiger partial charge in [0.1, 0.15) is 26.4 Å². The van der Waals surface area contributed by atoms with E-state index in [1.807, 2.05) is 24.3 Å². The molecule has 12 nitrogen and oxygen atoms in total. The van der Waals surface area contributed by atoms with E-state index in [1.54, 1.807) is 0 Å². The van der Waals surface area contributed by atoms with Crippen LogP contribution < -0.4 is 19.6 Å². The first-order valence-corrected chi connectivity index (χ1v) is 35.0. The number of hydrogen-bond acceptors (Lipinski definition) is 12. The van der Waals surface area contributed by atoms with E-state index < -0.39 is 33.0 Å². The molecule has 8 unspecified atom stereocenters. The van der Waals surface area contributed by atoms with Crippen molar-refractivity contribution in [1.82, 2.24) is 0 Å². The van der Waals surface area contributed by atoms with Crippen LogP contribution in [0.15, 0.2) is 48.5 Å². The molecule has 0 saturated heterocycles. The number of benzene rings is 2. The van der Waals surface area contributed by atoms with Gasteiger partial charge in [-0.3, -0.25) is 0 Å². The van der Waals surface area contributed by atoms with E-state index in [0.29, 0.717) is 50.1 Å². The van der Waals surface area contributed by atoms with Crippen LogP contribution in [0.2, 0.25) is 0 Å². The van der Waals surface area contributed by atoms with Gasteiger partial charge in [-0.05, 0) is 67.6 Å². The van der Waals surface area contributed by atoms with Crippen molar-refractivity contribution in [1.29, 1.82) is 0 Å². The Labute approximate surface area is 561 Å². The Bertz CT molecular complexity index is 1390. The van der Waals surface area contributed by atoms with Crippen molar-refractivity contribution < 1.29 is 138 Å². The standard InChI is InChI=1S/2C15H23.4C8H17O3P.2Nd/c2*1-2-3-4-5-6-7-9-12-15-13-10-8-11-14-15;4*1-3-5-6-8(4-2)7-11-12(9)10;;/h2*10-11,13-14H,2-7,9,12H2,1H3;4*8H,3-7H2,1-2H3;;/q2*-1;;;;;2*+3. The Morgan fingerprint density at radius 2 is 0.537 bits per heavy atom. The van der Waals surface area contributed by atoms with Gasteiger partial charge in [0, 0.05) is 0 Å². The average Bonchev–Trinajstić information content (AvgIpc) is 3.44. The molecule has 0 aliphatic heterocycles. The minimum atomic E-state index is -2.65. The maximum absolute atomic E-state index is 10.1. The second-order valence-electron chi connectivity index (χ2n) is 20.3. The van der Waals surface area contributed by atoms with Gasteiger partial charge in [0.05, 0.1) is 0 Å². The van der Waals surface area contributed by atoms with Gasteiger partial charge in [0.15, 0.2) is 0 Å². The van der Waals surface area contributed by atoms with Gasteiger partial charge in [0.25, 0.3) is 0 Å². The van der Waals surface area contributed by atoms with Crippen LogP contribution in [0, 0.1) is 117 Å². The third-order valence-corrected chi connectivity index (χ3v) is 15.0. The monoisotopic (exact) mass is 1460 g/mol. The van der Waals surface area contributed by atoms with Crippen LogP contribution in [0.5, 0.6) is 0 Å². The fourth-order valence-electron chi connectivity index (χ4n) is 8.01. The van der Waals surface area contributed by atoms with Gasteiger partial charge in [-0.1, -0.05) is 249 Å². The molecule has 0 bridgehead atoms. The summed E-state index contributed by atoms with van der Waals surface area (Å²) in [5.41, 5.74) is 2.92. The van der Waals surface area contributed by atoms with Crippen molar-refractivity contribution >= 4 is 33.0 Å². The largest absolute Gasteiger partial charge is 3.00 e. The van der Waals surface area contributed by atoms with Crippen LogP contribution >= 0.6 is 33.0 Å². The summed E-state index contributed by atoms with van der Waals surface area (Å²) in [5.74, 6) is 1.60. The normalized spacial score (nSPS) is 12.6. The fraction of sp³-hybridized carbons (Fsp3) is 0.806. The molecule has 0 aromatic heterocycles. The van der Waals surface area contributed by atoms with Crippen LogP contribution in [-0.4, -0.2) is 26.4 Å². The molecule has 18 heteroatoms. The first kappa shape index (κ1) is 92.4. The number of aryl methyl sites for hydroxylation is 2. The second-order valence-corrected chi connectivity index (χ2v) is 23.1. The smallest absolute Gasteiger partial charge is 0.566 e. The summed E-state index contributed by atoms with van der Waals surface area (Å²) in [5, 5.41) is 0. The molecule has 2 rings (SSSR count). The Hall–Kier alpha value is 1.22. The molecule has 0 saturated carbocycles. The predicted molar refractivity (Wildman–Crippen MR) is 321 cm³/mol. The van der Waals surface area contributed by atoms with E-state index >= 15 is 0 Å². The predicted octanol–water partition coefficient (Wildman–Crippen LogP) is 18.5. The summed E-state index contributed by atoms with van der Waals surface area (Å²) in [6.07, 6.45) is 39.4. The quantitative estimate of drug-likeness (QED) is 0.0346. The summed E-state index contributed by atoms with van der Waals surface area (Å²) in [6.45, 7) is 22.7. The zero-order valence-corrected chi connectivity index (χ0v) is 62.1. The van der Waals surface area contributed by atoms with Crippen LogP contribution in [0.1, 0.15) is 273 Å². The number of rotatable bonds is 44. The van der Waals surface area contributed by atoms with Crippen molar-refractivity contribution in [2.24, 2.45) is 23.7 Å². The molecular weight excluding hydrogens is 1350 g/mol. The van der Waals surface area contributed by atoms with Crippen LogP contribution in [0.25, 0.3) is 0 Å². The molecule has 0 amide bonds. The summed E-state index contributed by atoms with van der Waals surface area (Å²) < 4.78 is 58.6. The summed E-state index contributed by atoms with van der Waals surface area (Å²) in [7, 11) is -10.6. The summed E-state index contributed by atoms with van der Waals surface area (Å²) in [4.78, 5) is 40.4. The van der Waals surface area contributed by atoms with Gasteiger partial charge < -0.3 is 19.6 Å². The molecule has 8 atom stereocenters. The van der Waals surface area contributed by atoms with Crippen molar-refractivity contribution in [2.45, 2.75) is 275 Å². The molecule has 0 N–H and O–H groups in total. The molecule has 0 fully saturated rings. The molecule has 0 aliphatic rings. The Balaban J connectivity index is -0.000000205. The molecule has 2 aromatic carbocycles.